The van der Waals surface area contributed by atoms with E-state index in [9.17, 15) is 9.18 Å². The molecule has 3 heteroatoms. The molecule has 1 atom stereocenters. The van der Waals surface area contributed by atoms with Gasteiger partial charge >= 0.3 is 0 Å². The van der Waals surface area contributed by atoms with E-state index in [-0.39, 0.29) is 18.4 Å². The Hall–Kier alpha value is -0.0500. The van der Waals surface area contributed by atoms with E-state index < -0.39 is 0 Å². The first kappa shape index (κ1) is 7.06. The zero-order valence-electron chi connectivity index (χ0n) is 5.10. The first-order chi connectivity index (χ1) is 4.34. The third kappa shape index (κ3) is 1.68. The summed E-state index contributed by atoms with van der Waals surface area (Å²) in [5.41, 5.74) is 0. The van der Waals surface area contributed by atoms with Gasteiger partial charge in [-0.1, -0.05) is 0 Å². The van der Waals surface area contributed by atoms with Crippen molar-refractivity contribution in [2.24, 2.45) is 5.92 Å². The van der Waals surface area contributed by atoms with Crippen LogP contribution in [0.15, 0.2) is 0 Å². The van der Waals surface area contributed by atoms with E-state index in [2.05, 4.69) is 0 Å². The summed E-state index contributed by atoms with van der Waals surface area (Å²) in [5.74, 6) is 1.70. The summed E-state index contributed by atoms with van der Waals surface area (Å²) in [6.45, 7) is -0.350. The quantitative estimate of drug-likeness (QED) is 0.586. The summed E-state index contributed by atoms with van der Waals surface area (Å²) >= 11 is 1.61. The average Bonchev–Trinajstić information content (AvgIpc) is 2.18. The molecule has 9 heavy (non-hydrogen) atoms. The first-order valence-corrected chi connectivity index (χ1v) is 4.16. The number of hydrogen-bond donors (Lipinski definition) is 0. The summed E-state index contributed by atoms with van der Waals surface area (Å²) in [4.78, 5) is 10.8. The predicted molar refractivity (Wildman–Crippen MR) is 36.4 cm³/mol. The minimum atomic E-state index is -0.350. The molecule has 0 aromatic heterocycles. The molecule has 0 spiro atoms. The Morgan fingerprint density at radius 3 is 3.00 bits per heavy atom. The minimum Gasteiger partial charge on any atom is -0.298 e. The van der Waals surface area contributed by atoms with Crippen molar-refractivity contribution in [1.29, 1.82) is 0 Å². The number of carbonyl (C=O) groups is 1. The SMILES string of the molecule is O=C1CSCC1CCF. The Labute approximate surface area is 58.0 Å². The number of alkyl halides is 1. The monoisotopic (exact) mass is 148 g/mol. The molecule has 0 N–H and O–H groups in total. The van der Waals surface area contributed by atoms with Crippen LogP contribution in [0.4, 0.5) is 4.39 Å². The molecule has 1 heterocycles. The molecule has 0 aromatic rings. The normalized spacial score (nSPS) is 27.2. The van der Waals surface area contributed by atoms with E-state index in [0.29, 0.717) is 12.2 Å². The Morgan fingerprint density at radius 1 is 1.78 bits per heavy atom. The van der Waals surface area contributed by atoms with Crippen LogP contribution in [0.3, 0.4) is 0 Å². The Bertz CT molecular complexity index is 116. The summed E-state index contributed by atoms with van der Waals surface area (Å²) in [6, 6.07) is 0. The van der Waals surface area contributed by atoms with Crippen LogP contribution in [0, 0.1) is 5.92 Å². The molecule has 0 amide bonds. The topological polar surface area (TPSA) is 17.1 Å². The van der Waals surface area contributed by atoms with Crippen LogP contribution in [0.5, 0.6) is 0 Å². The van der Waals surface area contributed by atoms with Crippen molar-refractivity contribution in [3.05, 3.63) is 0 Å². The number of halogens is 1. The van der Waals surface area contributed by atoms with Crippen molar-refractivity contribution < 1.29 is 9.18 Å². The maximum atomic E-state index is 11.7. The van der Waals surface area contributed by atoms with Crippen LogP contribution < -0.4 is 0 Å². The first-order valence-electron chi connectivity index (χ1n) is 3.01. The van der Waals surface area contributed by atoms with Crippen molar-refractivity contribution in [3.63, 3.8) is 0 Å². The van der Waals surface area contributed by atoms with Gasteiger partial charge in [0.05, 0.1) is 12.4 Å². The highest BCUT2D eigenvalue weighted by atomic mass is 32.2. The van der Waals surface area contributed by atoms with Crippen LogP contribution in [0.1, 0.15) is 6.42 Å². The van der Waals surface area contributed by atoms with Gasteiger partial charge in [-0.05, 0) is 6.42 Å². The molecule has 1 unspecified atom stereocenters. The lowest BCUT2D eigenvalue weighted by molar-refractivity contribution is -0.119. The molecular formula is C6H9FOS. The fourth-order valence-corrected chi connectivity index (χ4v) is 2.08. The highest BCUT2D eigenvalue weighted by molar-refractivity contribution is 8.00. The number of thioether (sulfide) groups is 1. The Balaban J connectivity index is 2.31. The molecule has 1 fully saturated rings. The molecule has 1 nitrogen and oxygen atoms in total. The number of hydrogen-bond acceptors (Lipinski definition) is 2. The number of rotatable bonds is 2. The van der Waals surface area contributed by atoms with E-state index >= 15 is 0 Å². The second kappa shape index (κ2) is 3.20. The third-order valence-corrected chi connectivity index (χ3v) is 2.60. The van der Waals surface area contributed by atoms with Crippen molar-refractivity contribution in [2.75, 3.05) is 18.2 Å². The van der Waals surface area contributed by atoms with Gasteiger partial charge in [-0.3, -0.25) is 9.18 Å². The van der Waals surface area contributed by atoms with Crippen LogP contribution in [-0.2, 0) is 4.79 Å². The second-order valence-corrected chi connectivity index (χ2v) is 3.19. The van der Waals surface area contributed by atoms with Gasteiger partial charge in [-0.25, -0.2) is 0 Å². The molecule has 52 valence electrons. The van der Waals surface area contributed by atoms with Crippen LogP contribution in [0.25, 0.3) is 0 Å². The van der Waals surface area contributed by atoms with Gasteiger partial charge in [-0.15, -0.1) is 0 Å². The van der Waals surface area contributed by atoms with E-state index in [1.807, 2.05) is 0 Å². The number of carbonyl (C=O) groups excluding carboxylic acids is 1. The molecule has 0 radical (unpaired) electrons. The summed E-state index contributed by atoms with van der Waals surface area (Å²) in [5, 5.41) is 0. The molecule has 0 saturated carbocycles. The van der Waals surface area contributed by atoms with Gasteiger partial charge in [0.25, 0.3) is 0 Å². The van der Waals surface area contributed by atoms with Gasteiger partial charge in [0.15, 0.2) is 0 Å². The van der Waals surface area contributed by atoms with Crippen molar-refractivity contribution >= 4 is 17.5 Å². The van der Waals surface area contributed by atoms with Gasteiger partial charge in [0.2, 0.25) is 0 Å². The van der Waals surface area contributed by atoms with E-state index in [1.54, 1.807) is 11.8 Å². The molecule has 1 aliphatic rings. The highest BCUT2D eigenvalue weighted by Gasteiger charge is 2.23. The van der Waals surface area contributed by atoms with Crippen LogP contribution >= 0.6 is 11.8 Å². The van der Waals surface area contributed by atoms with E-state index in [1.165, 1.54) is 0 Å². The van der Waals surface area contributed by atoms with Gasteiger partial charge in [-0.2, -0.15) is 11.8 Å². The molecule has 1 saturated heterocycles. The third-order valence-electron chi connectivity index (χ3n) is 1.48. The maximum Gasteiger partial charge on any atom is 0.146 e. The Morgan fingerprint density at radius 2 is 2.56 bits per heavy atom. The maximum absolute atomic E-state index is 11.7. The van der Waals surface area contributed by atoms with Gasteiger partial charge in [0.1, 0.15) is 5.78 Å². The van der Waals surface area contributed by atoms with Crippen LogP contribution in [-0.4, -0.2) is 24.0 Å². The molecule has 0 bridgehead atoms. The van der Waals surface area contributed by atoms with Gasteiger partial charge < -0.3 is 0 Å². The molecular weight excluding hydrogens is 139 g/mol. The van der Waals surface area contributed by atoms with E-state index in [4.69, 9.17) is 0 Å². The van der Waals surface area contributed by atoms with Crippen molar-refractivity contribution in [2.45, 2.75) is 6.42 Å². The summed E-state index contributed by atoms with van der Waals surface area (Å²) in [6.07, 6.45) is 0.436. The standard InChI is InChI=1S/C6H9FOS/c7-2-1-5-3-9-4-6(5)8/h5H,1-4H2. The lowest BCUT2D eigenvalue weighted by Crippen LogP contribution is -2.11. The Kier molecular flexibility index (Phi) is 2.51. The summed E-state index contributed by atoms with van der Waals surface area (Å²) < 4.78 is 11.7. The second-order valence-electron chi connectivity index (χ2n) is 2.16. The highest BCUT2D eigenvalue weighted by Crippen LogP contribution is 2.22. The lowest BCUT2D eigenvalue weighted by atomic mass is 10.1. The fraction of sp³-hybridized carbons (Fsp3) is 0.833. The average molecular weight is 148 g/mol. The van der Waals surface area contributed by atoms with Gasteiger partial charge in [0, 0.05) is 11.7 Å². The largest absolute Gasteiger partial charge is 0.298 e. The molecule has 1 aliphatic heterocycles. The fourth-order valence-electron chi connectivity index (χ4n) is 0.889. The van der Waals surface area contributed by atoms with Crippen molar-refractivity contribution in [1.82, 2.24) is 0 Å². The van der Waals surface area contributed by atoms with Crippen molar-refractivity contribution in [3.8, 4) is 0 Å². The number of ketones is 1. The molecule has 1 rings (SSSR count). The molecule has 0 aliphatic carbocycles. The van der Waals surface area contributed by atoms with E-state index in [0.717, 1.165) is 5.75 Å². The number of Topliss-reactive ketones (excluding diaryl/α,β-unsaturated/α-hetero) is 1. The zero-order valence-corrected chi connectivity index (χ0v) is 5.92. The smallest absolute Gasteiger partial charge is 0.146 e. The summed E-state index contributed by atoms with van der Waals surface area (Å²) in [7, 11) is 0. The zero-order chi connectivity index (χ0) is 6.69. The lowest BCUT2D eigenvalue weighted by Gasteiger charge is -1.99. The molecule has 0 aromatic carbocycles. The predicted octanol–water partition coefficient (Wildman–Crippen LogP) is 1.28. The van der Waals surface area contributed by atoms with Crippen LogP contribution in [0.2, 0.25) is 0 Å². The minimum absolute atomic E-state index is 0.0278.